The summed E-state index contributed by atoms with van der Waals surface area (Å²) in [7, 11) is -3.34. The molecule has 2 heterocycles. The van der Waals surface area contributed by atoms with Crippen molar-refractivity contribution in [2.75, 3.05) is 18.4 Å². The number of hydrogen-bond acceptors (Lipinski definition) is 6. The fourth-order valence-corrected chi connectivity index (χ4v) is 4.44. The van der Waals surface area contributed by atoms with Crippen molar-refractivity contribution < 1.29 is 18.3 Å². The summed E-state index contributed by atoms with van der Waals surface area (Å²) in [6, 6.07) is 9.22. The van der Waals surface area contributed by atoms with Gasteiger partial charge in [-0.15, -0.1) is 0 Å². The Morgan fingerprint density at radius 3 is 2.42 bits per heavy atom. The minimum Gasteiger partial charge on any atom is -0.476 e. The first kappa shape index (κ1) is 18.3. The van der Waals surface area contributed by atoms with Crippen LogP contribution < -0.4 is 5.32 Å². The van der Waals surface area contributed by atoms with Gasteiger partial charge in [0.2, 0.25) is 10.0 Å². The fraction of sp³-hybridized carbons (Fsp3) is 0.353. The van der Waals surface area contributed by atoms with E-state index in [-0.39, 0.29) is 17.5 Å². The number of benzene rings is 1. The van der Waals surface area contributed by atoms with Crippen molar-refractivity contribution in [2.24, 2.45) is 0 Å². The summed E-state index contributed by atoms with van der Waals surface area (Å²) < 4.78 is 26.6. The highest BCUT2D eigenvalue weighted by Crippen LogP contribution is 2.19. The smallest absolute Gasteiger partial charge is 0.356 e. The SMILES string of the molecule is O=C(O)c1cnc(NC2CCN(S(=O)(=O)Cc3ccccc3)CC2)cn1. The number of anilines is 1. The minimum absolute atomic E-state index is 0.00800. The van der Waals surface area contributed by atoms with Crippen LogP contribution in [0.1, 0.15) is 28.9 Å². The number of nitrogens with zero attached hydrogens (tertiary/aromatic N) is 3. The molecule has 0 aliphatic carbocycles. The van der Waals surface area contributed by atoms with E-state index in [1.165, 1.54) is 16.7 Å². The molecular weight excluding hydrogens is 356 g/mol. The van der Waals surface area contributed by atoms with Gasteiger partial charge in [0.15, 0.2) is 5.69 Å². The van der Waals surface area contributed by atoms with Gasteiger partial charge >= 0.3 is 5.97 Å². The number of nitrogens with one attached hydrogen (secondary N) is 1. The van der Waals surface area contributed by atoms with Crippen LogP contribution in [0.25, 0.3) is 0 Å². The molecule has 0 unspecified atom stereocenters. The van der Waals surface area contributed by atoms with Gasteiger partial charge in [0, 0.05) is 19.1 Å². The molecule has 0 atom stereocenters. The Labute approximate surface area is 152 Å². The Balaban J connectivity index is 1.54. The molecule has 0 spiro atoms. The number of carbonyl (C=O) groups is 1. The van der Waals surface area contributed by atoms with Crippen LogP contribution in [0.2, 0.25) is 0 Å². The lowest BCUT2D eigenvalue weighted by Gasteiger charge is -2.31. The van der Waals surface area contributed by atoms with Crippen molar-refractivity contribution in [3.8, 4) is 0 Å². The molecule has 1 aliphatic heterocycles. The highest BCUT2D eigenvalue weighted by Gasteiger charge is 2.28. The van der Waals surface area contributed by atoms with E-state index in [4.69, 9.17) is 5.11 Å². The standard InChI is InChI=1S/C17H20N4O4S/c22-17(23)15-10-19-16(11-18-15)20-14-6-8-21(9-7-14)26(24,25)12-13-4-2-1-3-5-13/h1-5,10-11,14H,6-9,12H2,(H,19,20)(H,22,23). The highest BCUT2D eigenvalue weighted by molar-refractivity contribution is 7.88. The van der Waals surface area contributed by atoms with Crippen LogP contribution in [0, 0.1) is 0 Å². The quantitative estimate of drug-likeness (QED) is 0.787. The summed E-state index contributed by atoms with van der Waals surface area (Å²) in [5.74, 6) is -0.629. The Bertz CT molecular complexity index is 848. The van der Waals surface area contributed by atoms with E-state index in [9.17, 15) is 13.2 Å². The molecule has 1 fully saturated rings. The Morgan fingerprint density at radius 2 is 1.85 bits per heavy atom. The van der Waals surface area contributed by atoms with E-state index in [1.54, 1.807) is 0 Å². The molecule has 2 N–H and O–H groups in total. The molecule has 3 rings (SSSR count). The highest BCUT2D eigenvalue weighted by atomic mass is 32.2. The molecule has 8 nitrogen and oxygen atoms in total. The number of rotatable bonds is 6. The molecule has 138 valence electrons. The molecule has 0 bridgehead atoms. The summed E-state index contributed by atoms with van der Waals surface area (Å²) in [6.07, 6.45) is 3.87. The number of piperidine rings is 1. The van der Waals surface area contributed by atoms with Crippen LogP contribution in [0.3, 0.4) is 0 Å². The molecule has 1 saturated heterocycles. The number of carboxylic acids is 1. The zero-order valence-corrected chi connectivity index (χ0v) is 14.9. The Morgan fingerprint density at radius 1 is 1.15 bits per heavy atom. The van der Waals surface area contributed by atoms with Gasteiger partial charge < -0.3 is 10.4 Å². The molecule has 0 amide bonds. The predicted octanol–water partition coefficient (Wildman–Crippen LogP) is 1.58. The molecule has 1 aromatic heterocycles. The molecule has 9 heteroatoms. The van der Waals surface area contributed by atoms with E-state index < -0.39 is 16.0 Å². The lowest BCUT2D eigenvalue weighted by Crippen LogP contribution is -2.42. The van der Waals surface area contributed by atoms with E-state index >= 15 is 0 Å². The van der Waals surface area contributed by atoms with Crippen LogP contribution >= 0.6 is 0 Å². The zero-order chi connectivity index (χ0) is 18.6. The van der Waals surface area contributed by atoms with Crippen molar-refractivity contribution in [3.63, 3.8) is 0 Å². The number of aromatic carboxylic acids is 1. The van der Waals surface area contributed by atoms with E-state index in [0.717, 1.165) is 5.56 Å². The summed E-state index contributed by atoms with van der Waals surface area (Å²) in [6.45, 7) is 0.876. The van der Waals surface area contributed by atoms with Gasteiger partial charge in [0.25, 0.3) is 0 Å². The van der Waals surface area contributed by atoms with Crippen molar-refractivity contribution in [1.29, 1.82) is 0 Å². The van der Waals surface area contributed by atoms with E-state index in [2.05, 4.69) is 15.3 Å². The third-order valence-corrected chi connectivity index (χ3v) is 6.11. The molecule has 1 aromatic carbocycles. The largest absolute Gasteiger partial charge is 0.476 e. The molecular formula is C17H20N4O4S. The second-order valence-corrected chi connectivity index (χ2v) is 8.12. The first-order valence-corrected chi connectivity index (χ1v) is 9.88. The lowest BCUT2D eigenvalue weighted by molar-refractivity contribution is 0.0690. The van der Waals surface area contributed by atoms with Crippen LogP contribution in [0.4, 0.5) is 5.82 Å². The molecule has 2 aromatic rings. The van der Waals surface area contributed by atoms with Crippen LogP contribution in [-0.2, 0) is 15.8 Å². The fourth-order valence-electron chi connectivity index (χ4n) is 2.88. The van der Waals surface area contributed by atoms with Crippen LogP contribution in [-0.4, -0.2) is 52.9 Å². The van der Waals surface area contributed by atoms with E-state index in [1.807, 2.05) is 30.3 Å². The lowest BCUT2D eigenvalue weighted by atomic mass is 10.1. The number of aromatic nitrogens is 2. The van der Waals surface area contributed by atoms with Crippen LogP contribution in [0.5, 0.6) is 0 Å². The minimum atomic E-state index is -3.34. The second-order valence-electron chi connectivity index (χ2n) is 6.15. The first-order valence-electron chi connectivity index (χ1n) is 8.28. The molecule has 26 heavy (non-hydrogen) atoms. The summed E-state index contributed by atoms with van der Waals surface area (Å²) in [5.41, 5.74) is 0.666. The maximum Gasteiger partial charge on any atom is 0.356 e. The first-order chi connectivity index (χ1) is 12.4. The number of carboxylic acid groups (broad SMARTS) is 1. The summed E-state index contributed by atoms with van der Waals surface area (Å²) >= 11 is 0. The van der Waals surface area contributed by atoms with Crippen LogP contribution in [0.15, 0.2) is 42.7 Å². The van der Waals surface area contributed by atoms with Gasteiger partial charge in [-0.3, -0.25) is 0 Å². The van der Waals surface area contributed by atoms with Gasteiger partial charge in [0.05, 0.1) is 18.1 Å². The predicted molar refractivity (Wildman–Crippen MR) is 96.3 cm³/mol. The average molecular weight is 376 g/mol. The molecule has 0 radical (unpaired) electrons. The third-order valence-electron chi connectivity index (χ3n) is 4.26. The molecule has 0 saturated carbocycles. The van der Waals surface area contributed by atoms with Gasteiger partial charge in [-0.05, 0) is 18.4 Å². The van der Waals surface area contributed by atoms with Gasteiger partial charge in [0.1, 0.15) is 5.82 Å². The van der Waals surface area contributed by atoms with E-state index in [0.29, 0.717) is 31.7 Å². The summed E-state index contributed by atoms with van der Waals surface area (Å²) in [4.78, 5) is 18.6. The number of hydrogen-bond donors (Lipinski definition) is 2. The topological polar surface area (TPSA) is 112 Å². The molecule has 1 aliphatic rings. The normalized spacial score (nSPS) is 16.3. The van der Waals surface area contributed by atoms with Gasteiger partial charge in [-0.2, -0.15) is 0 Å². The van der Waals surface area contributed by atoms with Crippen molar-refractivity contribution in [2.45, 2.75) is 24.6 Å². The van der Waals surface area contributed by atoms with Gasteiger partial charge in [-0.1, -0.05) is 30.3 Å². The third kappa shape index (κ3) is 4.55. The average Bonchev–Trinajstić information content (AvgIpc) is 2.63. The van der Waals surface area contributed by atoms with Gasteiger partial charge in [-0.25, -0.2) is 27.5 Å². The van der Waals surface area contributed by atoms with Crippen molar-refractivity contribution in [1.82, 2.24) is 14.3 Å². The Kier molecular flexibility index (Phi) is 5.48. The maximum atomic E-state index is 12.5. The maximum absolute atomic E-state index is 12.5. The monoisotopic (exact) mass is 376 g/mol. The van der Waals surface area contributed by atoms with Crippen molar-refractivity contribution in [3.05, 3.63) is 54.0 Å². The van der Waals surface area contributed by atoms with Crippen molar-refractivity contribution >= 4 is 21.8 Å². The summed E-state index contributed by atoms with van der Waals surface area (Å²) in [5, 5.41) is 12.0. The number of sulfonamides is 1. The second kappa shape index (κ2) is 7.79. The Hall–Kier alpha value is -2.52. The zero-order valence-electron chi connectivity index (χ0n) is 14.1.